The predicted molar refractivity (Wildman–Crippen MR) is 109 cm³/mol. The van der Waals surface area contributed by atoms with E-state index in [9.17, 15) is 17.6 Å². The first kappa shape index (κ1) is 19.3. The van der Waals surface area contributed by atoms with E-state index in [1.807, 2.05) is 31.2 Å². The van der Waals surface area contributed by atoms with Crippen LogP contribution in [0.3, 0.4) is 0 Å². The maximum Gasteiger partial charge on any atom is 0.276 e. The second kappa shape index (κ2) is 7.44. The predicted octanol–water partition coefficient (Wildman–Crippen LogP) is 3.61. The van der Waals surface area contributed by atoms with Crippen molar-refractivity contribution in [1.82, 2.24) is 9.78 Å². The maximum atomic E-state index is 13.1. The summed E-state index contributed by atoms with van der Waals surface area (Å²) in [5.41, 5.74) is 3.27. The Morgan fingerprint density at radius 2 is 1.83 bits per heavy atom. The van der Waals surface area contributed by atoms with Crippen LogP contribution in [0.4, 0.5) is 10.1 Å². The molecule has 1 amide bonds. The molecule has 150 valence electrons. The van der Waals surface area contributed by atoms with Gasteiger partial charge in [0.25, 0.3) is 5.91 Å². The quantitative estimate of drug-likeness (QED) is 0.709. The zero-order valence-electron chi connectivity index (χ0n) is 15.8. The normalized spacial score (nSPS) is 17.9. The van der Waals surface area contributed by atoms with Gasteiger partial charge in [0.05, 0.1) is 23.2 Å². The fraction of sp³-hybridized carbons (Fsp3) is 0.238. The monoisotopic (exact) mass is 413 g/mol. The number of carbonyl (C=O) groups is 1. The first-order chi connectivity index (χ1) is 13.8. The molecule has 6 nitrogen and oxygen atoms in total. The summed E-state index contributed by atoms with van der Waals surface area (Å²) < 4.78 is 38.7. The molecule has 0 saturated carbocycles. The van der Waals surface area contributed by atoms with E-state index in [1.54, 1.807) is 10.7 Å². The van der Waals surface area contributed by atoms with Crippen molar-refractivity contribution < 1.29 is 17.6 Å². The van der Waals surface area contributed by atoms with Gasteiger partial charge in [-0.25, -0.2) is 12.8 Å². The molecule has 8 heteroatoms. The Morgan fingerprint density at radius 3 is 2.45 bits per heavy atom. The van der Waals surface area contributed by atoms with Crippen molar-refractivity contribution >= 4 is 21.4 Å². The van der Waals surface area contributed by atoms with Crippen LogP contribution in [0.25, 0.3) is 11.3 Å². The molecule has 1 atom stereocenters. The number of hydrogen-bond donors (Lipinski definition) is 1. The molecule has 1 N–H and O–H groups in total. The van der Waals surface area contributed by atoms with Crippen LogP contribution in [0, 0.1) is 12.7 Å². The van der Waals surface area contributed by atoms with Crippen LogP contribution >= 0.6 is 0 Å². The molecular weight excluding hydrogens is 393 g/mol. The van der Waals surface area contributed by atoms with Gasteiger partial charge >= 0.3 is 0 Å². The van der Waals surface area contributed by atoms with E-state index in [0.29, 0.717) is 17.8 Å². The topological polar surface area (TPSA) is 81.1 Å². The Hall–Kier alpha value is -3.00. The number of anilines is 1. The molecule has 1 aromatic heterocycles. The van der Waals surface area contributed by atoms with Gasteiger partial charge in [-0.15, -0.1) is 0 Å². The number of benzene rings is 2. The average Bonchev–Trinajstić information content (AvgIpc) is 3.28. The summed E-state index contributed by atoms with van der Waals surface area (Å²) in [6.45, 7) is 1.98. The summed E-state index contributed by atoms with van der Waals surface area (Å²) in [4.78, 5) is 12.7. The van der Waals surface area contributed by atoms with E-state index in [1.165, 1.54) is 24.3 Å². The minimum absolute atomic E-state index is 0.00651. The number of nitrogens with one attached hydrogen (secondary N) is 1. The Kier molecular flexibility index (Phi) is 4.96. The van der Waals surface area contributed by atoms with Gasteiger partial charge in [0.2, 0.25) is 0 Å². The highest BCUT2D eigenvalue weighted by Crippen LogP contribution is 2.30. The number of carbonyl (C=O) groups excluding carboxylic acids is 1. The number of aryl methyl sites for hydroxylation is 1. The third kappa shape index (κ3) is 4.22. The van der Waals surface area contributed by atoms with Gasteiger partial charge in [-0.1, -0.05) is 29.8 Å². The van der Waals surface area contributed by atoms with E-state index in [4.69, 9.17) is 0 Å². The van der Waals surface area contributed by atoms with Crippen LogP contribution in [-0.2, 0) is 9.84 Å². The Morgan fingerprint density at radius 1 is 1.14 bits per heavy atom. The molecule has 4 rings (SSSR count). The van der Waals surface area contributed by atoms with Crippen LogP contribution < -0.4 is 5.32 Å². The summed E-state index contributed by atoms with van der Waals surface area (Å²) in [5, 5.41) is 7.13. The lowest BCUT2D eigenvalue weighted by Crippen LogP contribution is -2.16. The fourth-order valence-corrected chi connectivity index (χ4v) is 5.11. The van der Waals surface area contributed by atoms with Gasteiger partial charge in [0.1, 0.15) is 5.82 Å². The van der Waals surface area contributed by atoms with Gasteiger partial charge in [-0.2, -0.15) is 5.10 Å². The van der Waals surface area contributed by atoms with Crippen molar-refractivity contribution in [2.24, 2.45) is 0 Å². The van der Waals surface area contributed by atoms with Crippen molar-refractivity contribution in [2.75, 3.05) is 16.8 Å². The largest absolute Gasteiger partial charge is 0.321 e. The summed E-state index contributed by atoms with van der Waals surface area (Å²) >= 11 is 0. The SMILES string of the molecule is Cc1ccc(-c2cc(C(=O)Nc3ccc(F)cc3)nn2[C@@H]2CCS(=O)(=O)C2)cc1. The molecule has 2 aromatic carbocycles. The molecule has 2 heterocycles. The van der Waals surface area contributed by atoms with Gasteiger partial charge in [-0.3, -0.25) is 9.48 Å². The van der Waals surface area contributed by atoms with Gasteiger partial charge in [0, 0.05) is 5.69 Å². The van der Waals surface area contributed by atoms with Crippen molar-refractivity contribution in [3.63, 3.8) is 0 Å². The summed E-state index contributed by atoms with van der Waals surface area (Å²) in [6.07, 6.45) is 0.460. The Labute approximate surface area is 168 Å². The van der Waals surface area contributed by atoms with Crippen LogP contribution in [0.5, 0.6) is 0 Å². The minimum atomic E-state index is -3.11. The second-order valence-electron chi connectivity index (χ2n) is 7.24. The van der Waals surface area contributed by atoms with Gasteiger partial charge < -0.3 is 5.32 Å². The molecule has 1 aliphatic rings. The molecule has 0 aliphatic carbocycles. The molecule has 29 heavy (non-hydrogen) atoms. The van der Waals surface area contributed by atoms with Crippen LogP contribution in [0.15, 0.2) is 54.6 Å². The maximum absolute atomic E-state index is 13.1. The smallest absolute Gasteiger partial charge is 0.276 e. The van der Waals surface area contributed by atoms with Crippen LogP contribution in [0.2, 0.25) is 0 Å². The number of aromatic nitrogens is 2. The highest BCUT2D eigenvalue weighted by atomic mass is 32.2. The number of nitrogens with zero attached hydrogens (tertiary/aromatic N) is 2. The fourth-order valence-electron chi connectivity index (χ4n) is 3.42. The van der Waals surface area contributed by atoms with Crippen LogP contribution in [-0.4, -0.2) is 35.6 Å². The molecule has 1 saturated heterocycles. The first-order valence-electron chi connectivity index (χ1n) is 9.25. The molecule has 3 aromatic rings. The molecule has 0 unspecified atom stereocenters. The average molecular weight is 413 g/mol. The van der Waals surface area contributed by atoms with Crippen molar-refractivity contribution in [3.8, 4) is 11.3 Å². The third-order valence-corrected chi connectivity index (χ3v) is 6.72. The molecule has 0 radical (unpaired) electrons. The first-order valence-corrected chi connectivity index (χ1v) is 11.1. The Balaban J connectivity index is 1.69. The molecular formula is C21H20FN3O3S. The van der Waals surface area contributed by atoms with Gasteiger partial charge in [-0.05, 0) is 49.2 Å². The van der Waals surface area contributed by atoms with Crippen LogP contribution in [0.1, 0.15) is 28.5 Å². The number of hydrogen-bond acceptors (Lipinski definition) is 4. The zero-order valence-corrected chi connectivity index (χ0v) is 16.6. The lowest BCUT2D eigenvalue weighted by atomic mass is 10.1. The molecule has 0 spiro atoms. The van der Waals surface area contributed by atoms with E-state index in [0.717, 1.165) is 11.1 Å². The highest BCUT2D eigenvalue weighted by Gasteiger charge is 2.32. The van der Waals surface area contributed by atoms with Crippen molar-refractivity contribution in [1.29, 1.82) is 0 Å². The number of amides is 1. The Bertz CT molecular complexity index is 1150. The number of halogens is 1. The molecule has 1 fully saturated rings. The highest BCUT2D eigenvalue weighted by molar-refractivity contribution is 7.91. The van der Waals surface area contributed by atoms with Gasteiger partial charge in [0.15, 0.2) is 15.5 Å². The van der Waals surface area contributed by atoms with E-state index in [-0.39, 0.29) is 23.2 Å². The zero-order chi connectivity index (χ0) is 20.6. The van der Waals surface area contributed by atoms with E-state index >= 15 is 0 Å². The third-order valence-electron chi connectivity index (χ3n) is 4.97. The van der Waals surface area contributed by atoms with E-state index in [2.05, 4.69) is 10.4 Å². The number of rotatable bonds is 4. The summed E-state index contributed by atoms with van der Waals surface area (Å²) in [5.74, 6) is -0.713. The lowest BCUT2D eigenvalue weighted by molar-refractivity contribution is 0.102. The standard InChI is InChI=1S/C21H20FN3O3S/c1-14-2-4-15(5-3-14)20-12-19(21(26)23-17-8-6-16(22)7-9-17)24-25(20)18-10-11-29(27,28)13-18/h2-9,12,18H,10-11,13H2,1H3,(H,23,26)/t18-/m1/s1. The molecule has 0 bridgehead atoms. The summed E-state index contributed by atoms with van der Waals surface area (Å²) in [6, 6.07) is 14.6. The molecule has 1 aliphatic heterocycles. The second-order valence-corrected chi connectivity index (χ2v) is 9.47. The number of sulfone groups is 1. The minimum Gasteiger partial charge on any atom is -0.321 e. The summed E-state index contributed by atoms with van der Waals surface area (Å²) in [7, 11) is -3.11. The van der Waals surface area contributed by atoms with Crippen molar-refractivity contribution in [3.05, 3.63) is 71.7 Å². The van der Waals surface area contributed by atoms with Crippen molar-refractivity contribution in [2.45, 2.75) is 19.4 Å². The lowest BCUT2D eigenvalue weighted by Gasteiger charge is -2.13. The van der Waals surface area contributed by atoms with E-state index < -0.39 is 21.6 Å².